The van der Waals surface area contributed by atoms with Crippen LogP contribution in [0.4, 0.5) is 10.2 Å². The number of hydrogen-bond acceptors (Lipinski definition) is 8. The molecule has 2 bridgehead atoms. The smallest absolute Gasteiger partial charge is 0.319 e. The Morgan fingerprint density at radius 3 is 2.44 bits per heavy atom. The number of phenols is 1. The third kappa shape index (κ3) is 5.75. The number of nitrogens with one attached hydrogen (secondary N) is 1. The molecule has 4 atom stereocenters. The number of rotatable bonds is 8. The minimum absolute atomic E-state index is 0.0347. The van der Waals surface area contributed by atoms with Crippen molar-refractivity contribution in [2.24, 2.45) is 0 Å². The molecule has 0 amide bonds. The predicted molar refractivity (Wildman–Crippen MR) is 167 cm³/mol. The van der Waals surface area contributed by atoms with Gasteiger partial charge in [-0.25, -0.2) is 4.39 Å². The van der Waals surface area contributed by atoms with E-state index in [0.29, 0.717) is 52.6 Å². The first-order chi connectivity index (χ1) is 20.8. The lowest BCUT2D eigenvalue weighted by Gasteiger charge is -2.38. The average molecular weight is 631 g/mol. The van der Waals surface area contributed by atoms with Crippen LogP contribution in [-0.4, -0.2) is 83.6 Å². The van der Waals surface area contributed by atoms with Gasteiger partial charge in [-0.3, -0.25) is 4.90 Å². The second kappa shape index (κ2) is 11.8. The van der Waals surface area contributed by atoms with E-state index in [0.717, 1.165) is 70.5 Å². The number of piperazine rings is 1. The summed E-state index contributed by atoms with van der Waals surface area (Å²) in [5, 5.41) is 15.3. The molecule has 1 aromatic heterocycles. The Balaban J connectivity index is 1.26. The van der Waals surface area contributed by atoms with E-state index in [1.807, 2.05) is 0 Å². The van der Waals surface area contributed by atoms with Crippen LogP contribution in [0.2, 0.25) is 10.0 Å². The summed E-state index contributed by atoms with van der Waals surface area (Å²) in [5.74, 6) is 0.251. The first-order valence-electron chi connectivity index (χ1n) is 15.5. The monoisotopic (exact) mass is 629 g/mol. The van der Waals surface area contributed by atoms with Gasteiger partial charge in [-0.05, 0) is 81.2 Å². The Hall–Kier alpha value is -2.43. The molecule has 1 saturated carbocycles. The van der Waals surface area contributed by atoms with Gasteiger partial charge in [0.15, 0.2) is 5.82 Å². The number of benzene rings is 2. The molecule has 4 fully saturated rings. The number of aromatic hydroxyl groups is 1. The summed E-state index contributed by atoms with van der Waals surface area (Å²) in [6.45, 7) is 8.62. The minimum atomic E-state index is -0.561. The quantitative estimate of drug-likeness (QED) is 0.287. The van der Waals surface area contributed by atoms with E-state index in [1.165, 1.54) is 6.07 Å². The fourth-order valence-electron chi connectivity index (χ4n) is 7.17. The fraction of sp³-hybridized carbons (Fsp3) is 0.562. The number of hydrogen-bond donors (Lipinski definition) is 2. The summed E-state index contributed by atoms with van der Waals surface area (Å²) in [6, 6.07) is 6.39. The van der Waals surface area contributed by atoms with Crippen molar-refractivity contribution < 1.29 is 19.0 Å². The van der Waals surface area contributed by atoms with Crippen molar-refractivity contribution in [2.75, 3.05) is 44.4 Å². The van der Waals surface area contributed by atoms with Gasteiger partial charge in [-0.2, -0.15) is 9.97 Å². The molecular weight excluding hydrogens is 592 g/mol. The van der Waals surface area contributed by atoms with Gasteiger partial charge < -0.3 is 24.8 Å². The molecule has 43 heavy (non-hydrogen) atoms. The maximum atomic E-state index is 16.7. The van der Waals surface area contributed by atoms with Crippen molar-refractivity contribution in [3.8, 4) is 22.9 Å². The first kappa shape index (κ1) is 29.3. The van der Waals surface area contributed by atoms with Crippen molar-refractivity contribution >= 4 is 39.9 Å². The van der Waals surface area contributed by atoms with Gasteiger partial charge in [0.2, 0.25) is 0 Å². The molecule has 2 aromatic carbocycles. The largest absolute Gasteiger partial charge is 0.508 e. The van der Waals surface area contributed by atoms with Crippen molar-refractivity contribution in [2.45, 2.75) is 76.0 Å². The highest BCUT2D eigenvalue weighted by atomic mass is 35.5. The lowest BCUT2D eigenvalue weighted by Crippen LogP contribution is -2.51. The number of morpholine rings is 1. The zero-order valence-corrected chi connectivity index (χ0v) is 26.1. The van der Waals surface area contributed by atoms with Gasteiger partial charge in [-0.1, -0.05) is 23.2 Å². The van der Waals surface area contributed by atoms with Crippen molar-refractivity contribution in [1.82, 2.24) is 20.2 Å². The number of nitrogens with zero attached hydrogens (tertiary/aromatic N) is 4. The normalized spacial score (nSPS) is 25.9. The van der Waals surface area contributed by atoms with Crippen LogP contribution in [0, 0.1) is 5.82 Å². The minimum Gasteiger partial charge on any atom is -0.508 e. The molecule has 230 valence electrons. The van der Waals surface area contributed by atoms with Crippen LogP contribution in [0.3, 0.4) is 0 Å². The van der Waals surface area contributed by atoms with Gasteiger partial charge in [0.1, 0.15) is 17.1 Å². The van der Waals surface area contributed by atoms with Crippen LogP contribution in [0.5, 0.6) is 11.8 Å². The number of ether oxygens (including phenoxy) is 2. The van der Waals surface area contributed by atoms with E-state index < -0.39 is 5.82 Å². The van der Waals surface area contributed by atoms with E-state index in [9.17, 15) is 5.11 Å². The lowest BCUT2D eigenvalue weighted by molar-refractivity contribution is -0.0380. The highest BCUT2D eigenvalue weighted by Gasteiger charge is 2.35. The van der Waals surface area contributed by atoms with Crippen LogP contribution in [0.1, 0.15) is 57.4 Å². The van der Waals surface area contributed by atoms with Gasteiger partial charge >= 0.3 is 6.01 Å². The number of anilines is 1. The number of halogens is 3. The Bertz CT molecular complexity index is 1520. The third-order valence-electron chi connectivity index (χ3n) is 9.37. The predicted octanol–water partition coefficient (Wildman–Crippen LogP) is 6.14. The Kier molecular flexibility index (Phi) is 8.05. The highest BCUT2D eigenvalue weighted by molar-refractivity contribution is 6.35. The molecule has 3 aromatic rings. The summed E-state index contributed by atoms with van der Waals surface area (Å²) < 4.78 is 28.5. The summed E-state index contributed by atoms with van der Waals surface area (Å²) in [7, 11) is 0. The lowest BCUT2D eigenvalue weighted by atomic mass is 9.94. The second-order valence-electron chi connectivity index (χ2n) is 12.7. The molecule has 3 saturated heterocycles. The van der Waals surface area contributed by atoms with Crippen LogP contribution in [0.25, 0.3) is 22.0 Å². The molecule has 4 aliphatic rings. The molecule has 7 rings (SSSR count). The zero-order chi connectivity index (χ0) is 29.8. The van der Waals surface area contributed by atoms with E-state index in [1.54, 1.807) is 12.1 Å². The summed E-state index contributed by atoms with van der Waals surface area (Å²) >= 11 is 13.4. The number of phenolic OH excluding ortho intramolecular Hbond substituents is 1. The molecule has 4 unspecified atom stereocenters. The maximum absolute atomic E-state index is 16.7. The van der Waals surface area contributed by atoms with Crippen LogP contribution in [0.15, 0.2) is 18.2 Å². The summed E-state index contributed by atoms with van der Waals surface area (Å²) in [6.07, 6.45) is 4.91. The van der Waals surface area contributed by atoms with Crippen molar-refractivity contribution in [3.05, 3.63) is 39.6 Å². The second-order valence-corrected chi connectivity index (χ2v) is 13.5. The van der Waals surface area contributed by atoms with Crippen molar-refractivity contribution in [1.29, 1.82) is 0 Å². The maximum Gasteiger partial charge on any atom is 0.319 e. The molecule has 3 aliphatic heterocycles. The number of fused-ring (bicyclic) bond motifs is 3. The Labute approximate surface area is 261 Å². The molecule has 11 heteroatoms. The molecule has 1 aliphatic carbocycles. The van der Waals surface area contributed by atoms with E-state index in [2.05, 4.69) is 33.9 Å². The van der Waals surface area contributed by atoms with Gasteiger partial charge in [0.05, 0.1) is 24.8 Å². The molecule has 4 heterocycles. The van der Waals surface area contributed by atoms with E-state index >= 15 is 4.39 Å². The SMILES string of the molecule is CC1COCC(C)N1CCCOc1nc(N2CC3CCC(C2)N3)c2cc(Cl)c(-c3cc(O)cc(Cl)c3C3CC3)c(F)c2n1. The molecule has 0 spiro atoms. The summed E-state index contributed by atoms with van der Waals surface area (Å²) in [5.41, 5.74) is 1.67. The van der Waals surface area contributed by atoms with Crippen LogP contribution < -0.4 is 15.0 Å². The zero-order valence-electron chi connectivity index (χ0n) is 24.6. The first-order valence-corrected chi connectivity index (χ1v) is 16.2. The standard InChI is InChI=1S/C32H38Cl2FN5O3/c1-17-15-42-16-18(2)40(17)8-3-9-43-32-37-30-24(31(38-32)39-13-20-6-7-21(14-39)36-20)12-26(34)28(29(30)35)23-10-22(41)11-25(33)27(23)19-4-5-19/h10-12,17-21,36,41H,3-9,13-16H2,1-2H3. The Morgan fingerprint density at radius 2 is 1.74 bits per heavy atom. The topological polar surface area (TPSA) is 83.0 Å². The average Bonchev–Trinajstić information content (AvgIpc) is 3.74. The summed E-state index contributed by atoms with van der Waals surface area (Å²) in [4.78, 5) is 14.1. The van der Waals surface area contributed by atoms with Crippen molar-refractivity contribution in [3.63, 3.8) is 0 Å². The van der Waals surface area contributed by atoms with E-state index in [4.69, 9.17) is 37.7 Å². The fourth-order valence-corrected chi connectivity index (χ4v) is 7.83. The van der Waals surface area contributed by atoms with Crippen LogP contribution in [-0.2, 0) is 4.74 Å². The highest BCUT2D eigenvalue weighted by Crippen LogP contribution is 2.51. The Morgan fingerprint density at radius 1 is 1.02 bits per heavy atom. The third-order valence-corrected chi connectivity index (χ3v) is 9.98. The van der Waals surface area contributed by atoms with Gasteiger partial charge in [-0.15, -0.1) is 0 Å². The van der Waals surface area contributed by atoms with Gasteiger partial charge in [0, 0.05) is 59.8 Å². The van der Waals surface area contributed by atoms with Gasteiger partial charge in [0.25, 0.3) is 0 Å². The van der Waals surface area contributed by atoms with Crippen LogP contribution >= 0.6 is 23.2 Å². The molecular formula is C32H38Cl2FN5O3. The molecule has 2 N–H and O–H groups in total. The number of aromatic nitrogens is 2. The van der Waals surface area contributed by atoms with E-state index in [-0.39, 0.29) is 33.8 Å². The molecule has 8 nitrogen and oxygen atoms in total. The molecule has 0 radical (unpaired) electrons.